The highest BCUT2D eigenvalue weighted by molar-refractivity contribution is 8.00. The maximum Gasteiger partial charge on any atom is 0.0415 e. The van der Waals surface area contributed by atoms with Crippen molar-refractivity contribution >= 4 is 17.4 Å². The molecule has 0 amide bonds. The van der Waals surface area contributed by atoms with Crippen LogP contribution in [0.25, 0.3) is 0 Å². The SMILES string of the molecule is CC1CC(N2CCNCc3ccccc32)CS1. The summed E-state index contributed by atoms with van der Waals surface area (Å²) in [7, 11) is 0. The quantitative estimate of drug-likeness (QED) is 0.822. The van der Waals surface area contributed by atoms with Gasteiger partial charge in [0.05, 0.1) is 0 Å². The Hall–Kier alpha value is -0.670. The maximum absolute atomic E-state index is 3.52. The van der Waals surface area contributed by atoms with Crippen LogP contribution in [0.5, 0.6) is 0 Å². The monoisotopic (exact) mass is 248 g/mol. The van der Waals surface area contributed by atoms with Gasteiger partial charge in [0, 0.05) is 42.4 Å². The predicted octanol–water partition coefficient (Wildman–Crippen LogP) is 2.49. The number of hydrogen-bond donors (Lipinski definition) is 1. The van der Waals surface area contributed by atoms with Crippen LogP contribution in [0.3, 0.4) is 0 Å². The highest BCUT2D eigenvalue weighted by Gasteiger charge is 2.29. The Kier molecular flexibility index (Phi) is 3.30. The molecule has 1 aromatic carbocycles. The van der Waals surface area contributed by atoms with Crippen molar-refractivity contribution in [2.75, 3.05) is 23.7 Å². The fraction of sp³-hybridized carbons (Fsp3) is 0.571. The van der Waals surface area contributed by atoms with E-state index in [9.17, 15) is 0 Å². The zero-order chi connectivity index (χ0) is 11.7. The van der Waals surface area contributed by atoms with Crippen molar-refractivity contribution in [2.45, 2.75) is 31.2 Å². The standard InChI is InChI=1S/C14H20N2S/c1-11-8-13(10-17-11)16-7-6-15-9-12-4-2-3-5-14(12)16/h2-5,11,13,15H,6-10H2,1H3. The van der Waals surface area contributed by atoms with Gasteiger partial charge >= 0.3 is 0 Å². The molecule has 3 heteroatoms. The van der Waals surface area contributed by atoms with Gasteiger partial charge in [0.2, 0.25) is 0 Å². The molecule has 1 saturated heterocycles. The molecule has 2 unspecified atom stereocenters. The highest BCUT2D eigenvalue weighted by atomic mass is 32.2. The average molecular weight is 248 g/mol. The fourth-order valence-corrected chi connectivity index (χ4v) is 4.10. The van der Waals surface area contributed by atoms with E-state index < -0.39 is 0 Å². The van der Waals surface area contributed by atoms with E-state index >= 15 is 0 Å². The van der Waals surface area contributed by atoms with Crippen molar-refractivity contribution < 1.29 is 0 Å². The minimum atomic E-state index is 0.732. The van der Waals surface area contributed by atoms with E-state index in [1.807, 2.05) is 0 Å². The molecule has 0 aliphatic carbocycles. The van der Waals surface area contributed by atoms with Crippen LogP contribution in [0, 0.1) is 0 Å². The molecule has 0 spiro atoms. The number of fused-ring (bicyclic) bond motifs is 1. The van der Waals surface area contributed by atoms with E-state index in [1.165, 1.54) is 23.4 Å². The van der Waals surface area contributed by atoms with E-state index in [1.54, 1.807) is 0 Å². The van der Waals surface area contributed by atoms with Crippen molar-refractivity contribution in [3.8, 4) is 0 Å². The predicted molar refractivity (Wildman–Crippen MR) is 75.8 cm³/mol. The molecule has 2 nitrogen and oxygen atoms in total. The van der Waals surface area contributed by atoms with Gasteiger partial charge in [-0.3, -0.25) is 0 Å². The van der Waals surface area contributed by atoms with Gasteiger partial charge in [0.1, 0.15) is 0 Å². The molecule has 17 heavy (non-hydrogen) atoms. The fourth-order valence-electron chi connectivity index (χ4n) is 2.87. The Morgan fingerprint density at radius 2 is 2.24 bits per heavy atom. The van der Waals surface area contributed by atoms with Crippen LogP contribution in [0.15, 0.2) is 24.3 Å². The van der Waals surface area contributed by atoms with Gasteiger partial charge in [-0.2, -0.15) is 11.8 Å². The van der Waals surface area contributed by atoms with Crippen LogP contribution in [0.4, 0.5) is 5.69 Å². The summed E-state index contributed by atoms with van der Waals surface area (Å²) in [6.45, 7) is 5.62. The first-order chi connectivity index (χ1) is 8.34. The molecule has 0 saturated carbocycles. The number of hydrogen-bond acceptors (Lipinski definition) is 3. The lowest BCUT2D eigenvalue weighted by Gasteiger charge is -2.30. The number of nitrogens with one attached hydrogen (secondary N) is 1. The second-order valence-corrected chi connectivity index (χ2v) is 6.50. The summed E-state index contributed by atoms with van der Waals surface area (Å²) in [4.78, 5) is 2.63. The number of thioether (sulfide) groups is 1. The van der Waals surface area contributed by atoms with Crippen LogP contribution in [-0.4, -0.2) is 30.1 Å². The molecule has 2 atom stereocenters. The van der Waals surface area contributed by atoms with E-state index in [0.29, 0.717) is 0 Å². The van der Waals surface area contributed by atoms with Gasteiger partial charge in [0.25, 0.3) is 0 Å². The van der Waals surface area contributed by atoms with Crippen molar-refractivity contribution in [2.24, 2.45) is 0 Å². The van der Waals surface area contributed by atoms with Gasteiger partial charge in [-0.05, 0) is 18.1 Å². The van der Waals surface area contributed by atoms with Gasteiger partial charge in [-0.1, -0.05) is 25.1 Å². The van der Waals surface area contributed by atoms with Gasteiger partial charge in [-0.15, -0.1) is 0 Å². The summed E-state index contributed by atoms with van der Waals surface area (Å²) >= 11 is 2.12. The molecule has 2 heterocycles. The summed E-state index contributed by atoms with van der Waals surface area (Å²) in [5.74, 6) is 1.29. The van der Waals surface area contributed by atoms with Gasteiger partial charge < -0.3 is 10.2 Å². The summed E-state index contributed by atoms with van der Waals surface area (Å²) in [5.41, 5.74) is 2.91. The Balaban J connectivity index is 1.89. The molecule has 0 aromatic heterocycles. The molecule has 0 radical (unpaired) electrons. The van der Waals surface area contributed by atoms with E-state index in [2.05, 4.69) is 53.2 Å². The normalized spacial score (nSPS) is 28.9. The Morgan fingerprint density at radius 1 is 1.35 bits per heavy atom. The lowest BCUT2D eigenvalue weighted by Crippen LogP contribution is -2.38. The lowest BCUT2D eigenvalue weighted by molar-refractivity contribution is 0.604. The van der Waals surface area contributed by atoms with Crippen LogP contribution < -0.4 is 10.2 Å². The molecule has 92 valence electrons. The van der Waals surface area contributed by atoms with Crippen LogP contribution in [0.2, 0.25) is 0 Å². The molecule has 0 bridgehead atoms. The number of rotatable bonds is 1. The molecule has 1 N–H and O–H groups in total. The number of para-hydroxylation sites is 1. The topological polar surface area (TPSA) is 15.3 Å². The zero-order valence-electron chi connectivity index (χ0n) is 10.4. The van der Waals surface area contributed by atoms with E-state index in [4.69, 9.17) is 0 Å². The molecule has 1 aromatic rings. The largest absolute Gasteiger partial charge is 0.366 e. The van der Waals surface area contributed by atoms with E-state index in [-0.39, 0.29) is 0 Å². The number of nitrogens with zero attached hydrogens (tertiary/aromatic N) is 1. The second kappa shape index (κ2) is 4.91. The molecule has 2 aliphatic rings. The number of anilines is 1. The van der Waals surface area contributed by atoms with Crippen LogP contribution in [-0.2, 0) is 6.54 Å². The van der Waals surface area contributed by atoms with Gasteiger partial charge in [0.15, 0.2) is 0 Å². The summed E-state index contributed by atoms with van der Waals surface area (Å²) in [5, 5.41) is 4.34. The summed E-state index contributed by atoms with van der Waals surface area (Å²) < 4.78 is 0. The molecular weight excluding hydrogens is 228 g/mol. The number of benzene rings is 1. The molecule has 2 aliphatic heterocycles. The highest BCUT2D eigenvalue weighted by Crippen LogP contribution is 2.33. The first-order valence-corrected chi connectivity index (χ1v) is 7.56. The smallest absolute Gasteiger partial charge is 0.0415 e. The third kappa shape index (κ3) is 2.31. The minimum absolute atomic E-state index is 0.732. The zero-order valence-corrected chi connectivity index (χ0v) is 11.2. The first-order valence-electron chi connectivity index (χ1n) is 6.51. The van der Waals surface area contributed by atoms with E-state index in [0.717, 1.165) is 30.9 Å². The third-order valence-electron chi connectivity index (χ3n) is 3.76. The lowest BCUT2D eigenvalue weighted by atomic mass is 10.1. The first kappa shape index (κ1) is 11.4. The van der Waals surface area contributed by atoms with Crippen molar-refractivity contribution in [1.82, 2.24) is 5.32 Å². The third-order valence-corrected chi connectivity index (χ3v) is 5.10. The Morgan fingerprint density at radius 3 is 3.06 bits per heavy atom. The van der Waals surface area contributed by atoms with Crippen molar-refractivity contribution in [1.29, 1.82) is 0 Å². The van der Waals surface area contributed by atoms with Gasteiger partial charge in [-0.25, -0.2) is 0 Å². The Labute approximate surface area is 108 Å². The van der Waals surface area contributed by atoms with Crippen LogP contribution >= 0.6 is 11.8 Å². The molecule has 3 rings (SSSR count). The second-order valence-electron chi connectivity index (χ2n) is 5.03. The van der Waals surface area contributed by atoms with Crippen molar-refractivity contribution in [3.63, 3.8) is 0 Å². The van der Waals surface area contributed by atoms with Crippen molar-refractivity contribution in [3.05, 3.63) is 29.8 Å². The maximum atomic E-state index is 3.52. The summed E-state index contributed by atoms with van der Waals surface area (Å²) in [6, 6.07) is 9.59. The Bertz CT molecular complexity index is 394. The molecule has 1 fully saturated rings. The van der Waals surface area contributed by atoms with Crippen LogP contribution in [0.1, 0.15) is 18.9 Å². The molecular formula is C14H20N2S. The average Bonchev–Trinajstić information content (AvgIpc) is 2.66. The minimum Gasteiger partial charge on any atom is -0.366 e. The summed E-state index contributed by atoms with van der Waals surface area (Å²) in [6.07, 6.45) is 1.33.